The summed E-state index contributed by atoms with van der Waals surface area (Å²) < 4.78 is 11.1. The first-order chi connectivity index (χ1) is 15.6. The Morgan fingerprint density at radius 1 is 1.03 bits per heavy atom. The number of anilines is 2. The molecule has 3 aromatic rings. The monoisotopic (exact) mass is 469 g/mol. The van der Waals surface area contributed by atoms with Crippen LogP contribution in [0.4, 0.5) is 10.8 Å². The van der Waals surface area contributed by atoms with Crippen molar-refractivity contribution in [1.82, 2.24) is 4.98 Å². The molecule has 0 spiro atoms. The van der Waals surface area contributed by atoms with E-state index >= 15 is 0 Å². The Bertz CT molecular complexity index is 1180. The molecule has 0 saturated heterocycles. The number of aryl methyl sites for hydroxylation is 1. The first-order valence-corrected chi connectivity index (χ1v) is 11.5. The van der Waals surface area contributed by atoms with Gasteiger partial charge in [0.1, 0.15) is 13.2 Å². The molecule has 2 N–H and O–H groups in total. The molecule has 2 aliphatic rings. The number of ether oxygens (including phenoxy) is 2. The maximum Gasteiger partial charge on any atom is 0.257 e. The van der Waals surface area contributed by atoms with Crippen molar-refractivity contribution in [3.8, 4) is 11.5 Å². The van der Waals surface area contributed by atoms with E-state index in [2.05, 4.69) is 15.6 Å². The number of carbonyl (C=O) groups is 2. The summed E-state index contributed by atoms with van der Waals surface area (Å²) in [6.45, 7) is 1.00. The van der Waals surface area contributed by atoms with Crippen molar-refractivity contribution in [3.05, 3.63) is 63.6 Å². The van der Waals surface area contributed by atoms with Gasteiger partial charge in [-0.05, 0) is 55.7 Å². The highest BCUT2D eigenvalue weighted by molar-refractivity contribution is 7.16. The van der Waals surface area contributed by atoms with Gasteiger partial charge in [-0.25, -0.2) is 4.98 Å². The van der Waals surface area contributed by atoms with Crippen LogP contribution in [0.3, 0.4) is 0 Å². The van der Waals surface area contributed by atoms with Gasteiger partial charge >= 0.3 is 0 Å². The van der Waals surface area contributed by atoms with Gasteiger partial charge in [-0.3, -0.25) is 14.9 Å². The molecule has 2 heterocycles. The highest BCUT2D eigenvalue weighted by Gasteiger charge is 2.31. The van der Waals surface area contributed by atoms with Crippen molar-refractivity contribution in [2.24, 2.45) is 0 Å². The topological polar surface area (TPSA) is 89.6 Å². The number of hydrogen-bond acceptors (Lipinski definition) is 6. The second-order valence-corrected chi connectivity index (χ2v) is 9.10. The normalized spacial score (nSPS) is 16.7. The van der Waals surface area contributed by atoms with E-state index in [1.165, 1.54) is 11.3 Å². The zero-order valence-electron chi connectivity index (χ0n) is 17.0. The summed E-state index contributed by atoms with van der Waals surface area (Å²) in [4.78, 5) is 31.2. The molecular formula is C23H20ClN3O4S. The number of halogens is 1. The first kappa shape index (κ1) is 20.8. The molecule has 2 amide bonds. The molecular weight excluding hydrogens is 450 g/mol. The van der Waals surface area contributed by atoms with Crippen LogP contribution in [0, 0.1) is 0 Å². The van der Waals surface area contributed by atoms with E-state index < -0.39 is 0 Å². The number of fused-ring (bicyclic) bond motifs is 2. The number of thiazole rings is 1. The highest BCUT2D eigenvalue weighted by Crippen LogP contribution is 2.38. The molecule has 0 saturated carbocycles. The number of amides is 2. The molecule has 0 bridgehead atoms. The fraction of sp³-hybridized carbons (Fsp3) is 0.261. The van der Waals surface area contributed by atoms with Gasteiger partial charge in [0.2, 0.25) is 5.91 Å². The second-order valence-electron chi connectivity index (χ2n) is 7.58. The van der Waals surface area contributed by atoms with E-state index in [0.29, 0.717) is 52.5 Å². The molecule has 32 heavy (non-hydrogen) atoms. The zero-order chi connectivity index (χ0) is 22.1. The van der Waals surface area contributed by atoms with Crippen molar-refractivity contribution >= 4 is 45.6 Å². The Morgan fingerprint density at radius 2 is 1.81 bits per heavy atom. The minimum absolute atomic E-state index is 0.122. The maximum atomic E-state index is 13.1. The summed E-state index contributed by atoms with van der Waals surface area (Å²) in [7, 11) is 0. The molecule has 2 aromatic carbocycles. The number of hydrogen-bond donors (Lipinski definition) is 2. The Hall–Kier alpha value is -3.10. The molecule has 0 radical (unpaired) electrons. The summed E-state index contributed by atoms with van der Waals surface area (Å²) in [6.07, 6.45) is 2.44. The summed E-state index contributed by atoms with van der Waals surface area (Å²) in [5.41, 5.74) is 1.89. The lowest BCUT2D eigenvalue weighted by Gasteiger charge is -2.22. The molecule has 1 aliphatic heterocycles. The predicted molar refractivity (Wildman–Crippen MR) is 123 cm³/mol. The van der Waals surface area contributed by atoms with E-state index in [4.69, 9.17) is 21.1 Å². The van der Waals surface area contributed by atoms with Crippen LogP contribution < -0.4 is 20.1 Å². The third kappa shape index (κ3) is 4.28. The fourth-order valence-corrected chi connectivity index (χ4v) is 5.03. The molecule has 1 aliphatic carbocycles. The smallest absolute Gasteiger partial charge is 0.257 e. The first-order valence-electron chi connectivity index (χ1n) is 10.3. The van der Waals surface area contributed by atoms with Gasteiger partial charge in [0.05, 0.1) is 11.6 Å². The van der Waals surface area contributed by atoms with Gasteiger partial charge in [0.15, 0.2) is 16.6 Å². The van der Waals surface area contributed by atoms with Crippen LogP contribution in [0.1, 0.15) is 39.7 Å². The van der Waals surface area contributed by atoms with Gasteiger partial charge < -0.3 is 14.8 Å². The Kier molecular flexibility index (Phi) is 5.71. The van der Waals surface area contributed by atoms with Gasteiger partial charge in [-0.2, -0.15) is 0 Å². The predicted octanol–water partition coefficient (Wildman–Crippen LogP) is 4.88. The quantitative estimate of drug-likeness (QED) is 0.568. The maximum absolute atomic E-state index is 13.1. The lowest BCUT2D eigenvalue weighted by Crippen LogP contribution is -2.25. The van der Waals surface area contributed by atoms with Crippen LogP contribution in [-0.2, 0) is 11.2 Å². The molecule has 0 fully saturated rings. The Labute approximate surface area is 193 Å². The Balaban J connectivity index is 1.31. The molecule has 1 unspecified atom stereocenters. The van der Waals surface area contributed by atoms with E-state index in [1.807, 2.05) is 0 Å². The van der Waals surface area contributed by atoms with Crippen LogP contribution in [-0.4, -0.2) is 30.0 Å². The lowest BCUT2D eigenvalue weighted by molar-refractivity contribution is -0.117. The fourth-order valence-electron chi connectivity index (χ4n) is 3.85. The van der Waals surface area contributed by atoms with E-state index in [0.717, 1.165) is 23.4 Å². The minimum Gasteiger partial charge on any atom is -0.486 e. The van der Waals surface area contributed by atoms with Crippen LogP contribution in [0.5, 0.6) is 11.5 Å². The summed E-state index contributed by atoms with van der Waals surface area (Å²) in [5, 5.41) is 6.88. The van der Waals surface area contributed by atoms with Gasteiger partial charge in [0, 0.05) is 27.2 Å². The van der Waals surface area contributed by atoms with Crippen molar-refractivity contribution in [3.63, 3.8) is 0 Å². The van der Waals surface area contributed by atoms with E-state index in [-0.39, 0.29) is 17.7 Å². The SMILES string of the molecule is O=C(Nc1nc2c(s1)CCCC2C(=O)Nc1ccc2c(c1)OCCO2)c1ccc(Cl)cc1. The van der Waals surface area contributed by atoms with E-state index in [1.54, 1.807) is 42.5 Å². The van der Waals surface area contributed by atoms with Crippen molar-refractivity contribution < 1.29 is 19.1 Å². The zero-order valence-corrected chi connectivity index (χ0v) is 18.6. The van der Waals surface area contributed by atoms with E-state index in [9.17, 15) is 9.59 Å². The summed E-state index contributed by atoms with van der Waals surface area (Å²) >= 11 is 7.31. The van der Waals surface area contributed by atoms with Crippen LogP contribution in [0.25, 0.3) is 0 Å². The molecule has 1 atom stereocenters. The highest BCUT2D eigenvalue weighted by atomic mass is 35.5. The molecule has 164 valence electrons. The summed E-state index contributed by atoms with van der Waals surface area (Å²) in [6, 6.07) is 12.0. The molecule has 7 nitrogen and oxygen atoms in total. The van der Waals surface area contributed by atoms with Crippen LogP contribution in [0.15, 0.2) is 42.5 Å². The number of nitrogens with zero attached hydrogens (tertiary/aromatic N) is 1. The van der Waals surface area contributed by atoms with Crippen LogP contribution in [0.2, 0.25) is 5.02 Å². The molecule has 9 heteroatoms. The molecule has 1 aromatic heterocycles. The number of aromatic nitrogens is 1. The van der Waals surface area contributed by atoms with Crippen molar-refractivity contribution in [1.29, 1.82) is 0 Å². The minimum atomic E-state index is -0.371. The van der Waals surface area contributed by atoms with Gasteiger partial charge in [0.25, 0.3) is 5.91 Å². The molecule has 5 rings (SSSR count). The standard InChI is InChI=1S/C23H20ClN3O4S/c24-14-6-4-13(5-7-14)21(28)27-23-26-20-16(2-1-3-19(20)32-23)22(29)25-15-8-9-17-18(12-15)31-11-10-30-17/h4-9,12,16H,1-3,10-11H2,(H,25,29)(H,26,27,28). The second kappa shape index (κ2) is 8.80. The Morgan fingerprint density at radius 3 is 2.62 bits per heavy atom. The van der Waals surface area contributed by atoms with Gasteiger partial charge in [-0.15, -0.1) is 11.3 Å². The third-order valence-electron chi connectivity index (χ3n) is 5.41. The number of rotatable bonds is 4. The lowest BCUT2D eigenvalue weighted by atomic mass is 9.90. The summed E-state index contributed by atoms with van der Waals surface area (Å²) in [5.74, 6) is 0.548. The largest absolute Gasteiger partial charge is 0.486 e. The average molecular weight is 470 g/mol. The van der Waals surface area contributed by atoms with Crippen molar-refractivity contribution in [2.75, 3.05) is 23.8 Å². The van der Waals surface area contributed by atoms with Crippen molar-refractivity contribution in [2.45, 2.75) is 25.2 Å². The van der Waals surface area contributed by atoms with Crippen LogP contribution >= 0.6 is 22.9 Å². The third-order valence-corrected chi connectivity index (χ3v) is 6.71. The number of benzene rings is 2. The van der Waals surface area contributed by atoms with Gasteiger partial charge in [-0.1, -0.05) is 11.6 Å². The number of nitrogens with one attached hydrogen (secondary N) is 2. The number of carbonyl (C=O) groups excluding carboxylic acids is 2. The average Bonchev–Trinajstić information content (AvgIpc) is 3.21.